The highest BCUT2D eigenvalue weighted by molar-refractivity contribution is 5.75. The minimum absolute atomic E-state index is 0.0932. The van der Waals surface area contributed by atoms with E-state index in [0.717, 1.165) is 54.6 Å². The second-order valence-electron chi connectivity index (χ2n) is 8.37. The van der Waals surface area contributed by atoms with Gasteiger partial charge in [-0.25, -0.2) is 14.5 Å². The van der Waals surface area contributed by atoms with Gasteiger partial charge in [-0.05, 0) is 62.3 Å². The number of nitriles is 1. The van der Waals surface area contributed by atoms with Crippen LogP contribution in [0.4, 0.5) is 5.95 Å². The predicted molar refractivity (Wildman–Crippen MR) is 120 cm³/mol. The first-order valence-corrected chi connectivity index (χ1v) is 11.1. The molecule has 0 aromatic carbocycles. The Bertz CT molecular complexity index is 1190. The molecule has 1 fully saturated rings. The van der Waals surface area contributed by atoms with Gasteiger partial charge in [0.05, 0.1) is 25.5 Å². The molecule has 0 unspecified atom stereocenters. The fourth-order valence-corrected chi connectivity index (χ4v) is 4.43. The Kier molecular flexibility index (Phi) is 5.73. The van der Waals surface area contributed by atoms with Crippen LogP contribution in [0.3, 0.4) is 0 Å². The van der Waals surface area contributed by atoms with Crippen LogP contribution in [0.1, 0.15) is 48.9 Å². The van der Waals surface area contributed by atoms with Crippen molar-refractivity contribution in [2.45, 2.75) is 51.2 Å². The summed E-state index contributed by atoms with van der Waals surface area (Å²) in [4.78, 5) is 8.76. The van der Waals surface area contributed by atoms with Crippen LogP contribution in [0.2, 0.25) is 0 Å². The lowest BCUT2D eigenvalue weighted by Gasteiger charge is -2.30. The van der Waals surface area contributed by atoms with Crippen LogP contribution in [0.15, 0.2) is 36.8 Å². The SMILES string of the molecule is Cc1ccnc(N[C@H]2CC[C@@H](Oc3cc(C4=CCOCC4)cn4ncc(C#N)c34)CC2)n1. The molecular formula is C24H26N6O2. The van der Waals surface area contributed by atoms with Crippen molar-refractivity contribution < 1.29 is 9.47 Å². The highest BCUT2D eigenvalue weighted by Gasteiger charge is 2.25. The number of pyridine rings is 1. The van der Waals surface area contributed by atoms with E-state index in [1.54, 1.807) is 16.9 Å². The van der Waals surface area contributed by atoms with Gasteiger partial charge in [0.2, 0.25) is 5.95 Å². The first kappa shape index (κ1) is 20.5. The first-order chi connectivity index (χ1) is 15.7. The third kappa shape index (κ3) is 4.30. The second kappa shape index (κ2) is 8.97. The number of hydrogen-bond acceptors (Lipinski definition) is 7. The summed E-state index contributed by atoms with van der Waals surface area (Å²) in [7, 11) is 0. The predicted octanol–water partition coefficient (Wildman–Crippen LogP) is 3.91. The molecule has 3 aromatic rings. The maximum Gasteiger partial charge on any atom is 0.223 e. The van der Waals surface area contributed by atoms with Crippen LogP contribution in [0.25, 0.3) is 11.1 Å². The quantitative estimate of drug-likeness (QED) is 0.655. The second-order valence-corrected chi connectivity index (χ2v) is 8.37. The first-order valence-electron chi connectivity index (χ1n) is 11.1. The highest BCUT2D eigenvalue weighted by atomic mass is 16.5. The largest absolute Gasteiger partial charge is 0.488 e. The lowest BCUT2D eigenvalue weighted by Crippen LogP contribution is -2.32. The standard InChI is InChI=1S/C24H26N6O2/c1-16-6-9-26-24(28-16)29-20-2-4-21(5-3-20)32-22-12-18(17-7-10-31-11-8-17)15-30-23(22)19(13-25)14-27-30/h6-7,9,12,14-15,20-21H,2-5,8,10-11H2,1H3,(H,26,28,29)/t20-,21+. The van der Waals surface area contributed by atoms with Gasteiger partial charge in [0.15, 0.2) is 0 Å². The van der Waals surface area contributed by atoms with E-state index in [2.05, 4.69) is 38.6 Å². The Labute approximate surface area is 186 Å². The molecule has 1 saturated carbocycles. The molecule has 32 heavy (non-hydrogen) atoms. The van der Waals surface area contributed by atoms with Gasteiger partial charge >= 0.3 is 0 Å². The molecule has 1 N–H and O–H groups in total. The number of anilines is 1. The van der Waals surface area contributed by atoms with E-state index in [1.165, 1.54) is 5.57 Å². The zero-order valence-electron chi connectivity index (χ0n) is 18.1. The average molecular weight is 431 g/mol. The number of aromatic nitrogens is 4. The summed E-state index contributed by atoms with van der Waals surface area (Å²) >= 11 is 0. The fraction of sp³-hybridized carbons (Fsp3) is 0.417. The number of nitrogens with zero attached hydrogens (tertiary/aromatic N) is 5. The number of hydrogen-bond donors (Lipinski definition) is 1. The van der Waals surface area contributed by atoms with Crippen molar-refractivity contribution in [3.63, 3.8) is 0 Å². The van der Waals surface area contributed by atoms with E-state index in [9.17, 15) is 5.26 Å². The molecule has 1 aliphatic carbocycles. The topological polar surface area (TPSA) is 97.4 Å². The van der Waals surface area contributed by atoms with Crippen LogP contribution in [0.5, 0.6) is 5.75 Å². The van der Waals surface area contributed by atoms with Crippen molar-refractivity contribution >= 4 is 17.0 Å². The van der Waals surface area contributed by atoms with Crippen molar-refractivity contribution in [1.82, 2.24) is 19.6 Å². The highest BCUT2D eigenvalue weighted by Crippen LogP contribution is 2.33. The van der Waals surface area contributed by atoms with Crippen molar-refractivity contribution in [3.05, 3.63) is 53.6 Å². The van der Waals surface area contributed by atoms with Gasteiger partial charge in [0.25, 0.3) is 0 Å². The zero-order chi connectivity index (χ0) is 21.9. The third-order valence-electron chi connectivity index (χ3n) is 6.13. The van der Waals surface area contributed by atoms with Gasteiger partial charge < -0.3 is 14.8 Å². The average Bonchev–Trinajstić information content (AvgIpc) is 3.24. The summed E-state index contributed by atoms with van der Waals surface area (Å²) in [6, 6.07) is 6.53. The molecule has 0 atom stereocenters. The molecule has 4 heterocycles. The molecule has 0 amide bonds. The normalized spacial score (nSPS) is 21.1. The smallest absolute Gasteiger partial charge is 0.223 e. The van der Waals surface area contributed by atoms with Gasteiger partial charge in [-0.2, -0.15) is 10.4 Å². The summed E-state index contributed by atoms with van der Waals surface area (Å²) in [5.41, 5.74) is 4.51. The maximum atomic E-state index is 9.56. The zero-order valence-corrected chi connectivity index (χ0v) is 18.1. The van der Waals surface area contributed by atoms with E-state index >= 15 is 0 Å². The molecule has 5 rings (SSSR count). The molecule has 0 saturated heterocycles. The number of rotatable bonds is 5. The summed E-state index contributed by atoms with van der Waals surface area (Å²) in [6.45, 7) is 3.30. The lowest BCUT2D eigenvalue weighted by atomic mass is 9.93. The van der Waals surface area contributed by atoms with Crippen LogP contribution in [-0.4, -0.2) is 44.9 Å². The van der Waals surface area contributed by atoms with Crippen molar-refractivity contribution in [2.75, 3.05) is 18.5 Å². The van der Waals surface area contributed by atoms with Crippen molar-refractivity contribution in [3.8, 4) is 11.8 Å². The van der Waals surface area contributed by atoms with Gasteiger partial charge in [-0.3, -0.25) is 0 Å². The molecule has 0 spiro atoms. The van der Waals surface area contributed by atoms with Crippen LogP contribution in [0, 0.1) is 18.3 Å². The van der Waals surface area contributed by atoms with Crippen LogP contribution >= 0.6 is 0 Å². The van der Waals surface area contributed by atoms with E-state index < -0.39 is 0 Å². The fourth-order valence-electron chi connectivity index (χ4n) is 4.43. The lowest BCUT2D eigenvalue weighted by molar-refractivity contribution is 0.151. The van der Waals surface area contributed by atoms with E-state index in [1.807, 2.05) is 19.2 Å². The maximum absolute atomic E-state index is 9.56. The van der Waals surface area contributed by atoms with E-state index in [4.69, 9.17) is 9.47 Å². The molecule has 0 bridgehead atoms. The molecule has 3 aromatic heterocycles. The Balaban J connectivity index is 1.33. The molecule has 0 radical (unpaired) electrons. The Hall–Kier alpha value is -3.44. The molecular weight excluding hydrogens is 404 g/mol. The van der Waals surface area contributed by atoms with Crippen molar-refractivity contribution in [2.24, 2.45) is 0 Å². The number of aryl methyl sites for hydroxylation is 1. The van der Waals surface area contributed by atoms with Gasteiger partial charge in [-0.1, -0.05) is 6.08 Å². The third-order valence-corrected chi connectivity index (χ3v) is 6.13. The summed E-state index contributed by atoms with van der Waals surface area (Å²) in [6.07, 6.45) is 12.2. The van der Waals surface area contributed by atoms with Crippen molar-refractivity contribution in [1.29, 1.82) is 5.26 Å². The molecule has 8 nitrogen and oxygen atoms in total. The van der Waals surface area contributed by atoms with Gasteiger partial charge in [-0.15, -0.1) is 0 Å². The minimum Gasteiger partial charge on any atom is -0.488 e. The summed E-state index contributed by atoms with van der Waals surface area (Å²) < 4.78 is 13.7. The number of ether oxygens (including phenoxy) is 2. The van der Waals surface area contributed by atoms with Crippen LogP contribution in [-0.2, 0) is 4.74 Å². The Morgan fingerprint density at radius 2 is 2.16 bits per heavy atom. The summed E-state index contributed by atoms with van der Waals surface area (Å²) in [5.74, 6) is 1.41. The molecule has 2 aliphatic rings. The van der Waals surface area contributed by atoms with Gasteiger partial charge in [0.1, 0.15) is 22.9 Å². The van der Waals surface area contributed by atoms with E-state index in [0.29, 0.717) is 30.8 Å². The van der Waals surface area contributed by atoms with Gasteiger partial charge in [0, 0.05) is 24.1 Å². The molecule has 164 valence electrons. The Morgan fingerprint density at radius 3 is 2.91 bits per heavy atom. The Morgan fingerprint density at radius 1 is 1.28 bits per heavy atom. The monoisotopic (exact) mass is 430 g/mol. The van der Waals surface area contributed by atoms with Crippen LogP contribution < -0.4 is 10.1 Å². The minimum atomic E-state index is 0.0932. The molecule has 8 heteroatoms. The van der Waals surface area contributed by atoms with E-state index in [-0.39, 0.29) is 6.10 Å². The summed E-state index contributed by atoms with van der Waals surface area (Å²) in [5, 5.41) is 17.4. The molecule has 1 aliphatic heterocycles. The number of nitrogens with one attached hydrogen (secondary N) is 1. The number of fused-ring (bicyclic) bond motifs is 1.